The molecule has 0 aromatic heterocycles. The molecule has 0 bridgehead atoms. The minimum atomic E-state index is -4.33. The molecule has 3 N–H and O–H groups in total. The molecule has 9 heteroatoms. The predicted molar refractivity (Wildman–Crippen MR) is 85.5 cm³/mol. The highest BCUT2D eigenvalue weighted by atomic mass is 19.4. The van der Waals surface area contributed by atoms with Gasteiger partial charge in [0.25, 0.3) is 0 Å². The molecule has 1 heterocycles. The zero-order valence-corrected chi connectivity index (χ0v) is 13.8. The highest BCUT2D eigenvalue weighted by Crippen LogP contribution is 2.29. The number of piperazine rings is 1. The fourth-order valence-corrected chi connectivity index (χ4v) is 2.76. The van der Waals surface area contributed by atoms with E-state index in [1.54, 1.807) is 6.92 Å². The summed E-state index contributed by atoms with van der Waals surface area (Å²) in [6.07, 6.45) is -4.33. The third kappa shape index (κ3) is 5.43. The summed E-state index contributed by atoms with van der Waals surface area (Å²) in [7, 11) is 0. The van der Waals surface area contributed by atoms with Gasteiger partial charge in [-0.3, -0.25) is 19.9 Å². The number of nitrogens with two attached hydrogens (primary N) is 1. The topological polar surface area (TPSA) is 78.7 Å². The maximum atomic E-state index is 12.6. The second-order valence-corrected chi connectivity index (χ2v) is 6.04. The van der Waals surface area contributed by atoms with Crippen molar-refractivity contribution in [1.82, 2.24) is 15.1 Å². The average Bonchev–Trinajstić information content (AvgIpc) is 2.54. The largest absolute Gasteiger partial charge is 0.416 e. The molecule has 1 fully saturated rings. The number of rotatable bonds is 4. The molecule has 0 aliphatic carbocycles. The Morgan fingerprint density at radius 2 is 1.72 bits per heavy atom. The van der Waals surface area contributed by atoms with Gasteiger partial charge in [0, 0.05) is 32.7 Å². The van der Waals surface area contributed by atoms with E-state index in [-0.39, 0.29) is 0 Å². The summed E-state index contributed by atoms with van der Waals surface area (Å²) < 4.78 is 37.7. The number of carbonyl (C=O) groups excluding carboxylic acids is 2. The first-order chi connectivity index (χ1) is 11.7. The second kappa shape index (κ2) is 7.83. The maximum Gasteiger partial charge on any atom is 0.416 e. The van der Waals surface area contributed by atoms with E-state index in [1.807, 2.05) is 4.90 Å². The molecular formula is C16H21F3N4O2. The van der Waals surface area contributed by atoms with Crippen LogP contribution in [0.15, 0.2) is 24.3 Å². The van der Waals surface area contributed by atoms with Crippen LogP contribution >= 0.6 is 0 Å². The quantitative estimate of drug-likeness (QED) is 0.853. The number of imide groups is 1. The minimum absolute atomic E-state index is 0.441. The van der Waals surface area contributed by atoms with Crippen molar-refractivity contribution >= 4 is 11.9 Å². The number of carbonyl (C=O) groups is 2. The molecule has 1 saturated heterocycles. The Morgan fingerprint density at radius 1 is 1.16 bits per heavy atom. The van der Waals surface area contributed by atoms with Gasteiger partial charge in [-0.2, -0.15) is 13.2 Å². The summed E-state index contributed by atoms with van der Waals surface area (Å²) in [5.74, 6) is -0.441. The van der Waals surface area contributed by atoms with Gasteiger partial charge in [0.05, 0.1) is 11.6 Å². The summed E-state index contributed by atoms with van der Waals surface area (Å²) >= 11 is 0. The van der Waals surface area contributed by atoms with Gasteiger partial charge >= 0.3 is 12.2 Å². The number of amides is 3. The molecule has 1 atom stereocenters. The lowest BCUT2D eigenvalue weighted by Gasteiger charge is -2.37. The van der Waals surface area contributed by atoms with E-state index in [0.29, 0.717) is 32.7 Å². The molecule has 25 heavy (non-hydrogen) atoms. The molecule has 0 spiro atoms. The summed E-state index contributed by atoms with van der Waals surface area (Å²) in [6.45, 7) is 4.84. The zero-order chi connectivity index (χ0) is 18.6. The highest BCUT2D eigenvalue weighted by molar-refractivity contribution is 5.96. The number of benzene rings is 1. The first kappa shape index (κ1) is 19.2. The van der Waals surface area contributed by atoms with Crippen molar-refractivity contribution in [3.63, 3.8) is 0 Å². The van der Waals surface area contributed by atoms with E-state index in [0.717, 1.165) is 17.7 Å². The summed E-state index contributed by atoms with van der Waals surface area (Å²) in [6, 6.07) is 3.79. The standard InChI is InChI=1S/C16H21F3N4O2/c1-11(14(24)21-15(20)25)23-8-6-22(7-9-23)10-12-2-4-13(5-3-12)16(17,18)19/h2-5,11H,6-10H2,1H3,(H3,20,21,24,25). The Balaban J connectivity index is 1.84. The number of nitrogens with zero attached hydrogens (tertiary/aromatic N) is 2. The lowest BCUT2D eigenvalue weighted by atomic mass is 10.1. The SMILES string of the molecule is CC(C(=O)NC(N)=O)N1CCN(Cc2ccc(C(F)(F)F)cc2)CC1. The summed E-state index contributed by atoms with van der Waals surface area (Å²) in [4.78, 5) is 26.6. The number of primary amides is 1. The van der Waals surface area contributed by atoms with Gasteiger partial charge in [0.1, 0.15) is 0 Å². The van der Waals surface area contributed by atoms with Crippen LogP contribution in [-0.2, 0) is 17.5 Å². The molecule has 1 unspecified atom stereocenters. The van der Waals surface area contributed by atoms with Crippen LogP contribution in [-0.4, -0.2) is 54.0 Å². The van der Waals surface area contributed by atoms with E-state index >= 15 is 0 Å². The van der Waals surface area contributed by atoms with Crippen molar-refractivity contribution < 1.29 is 22.8 Å². The lowest BCUT2D eigenvalue weighted by Crippen LogP contribution is -2.54. The monoisotopic (exact) mass is 358 g/mol. The first-order valence-electron chi connectivity index (χ1n) is 7.89. The number of urea groups is 1. The Bertz CT molecular complexity index is 611. The predicted octanol–water partition coefficient (Wildman–Crippen LogP) is 1.41. The number of halogens is 3. The van der Waals surface area contributed by atoms with Crippen LogP contribution in [0.2, 0.25) is 0 Å². The molecule has 138 valence electrons. The smallest absolute Gasteiger partial charge is 0.351 e. The zero-order valence-electron chi connectivity index (χ0n) is 13.8. The van der Waals surface area contributed by atoms with E-state index in [9.17, 15) is 22.8 Å². The van der Waals surface area contributed by atoms with E-state index < -0.39 is 29.7 Å². The van der Waals surface area contributed by atoms with Gasteiger partial charge in [-0.25, -0.2) is 4.79 Å². The van der Waals surface area contributed by atoms with Crippen molar-refractivity contribution in [1.29, 1.82) is 0 Å². The Kier molecular flexibility index (Phi) is 6.02. The van der Waals surface area contributed by atoms with Crippen LogP contribution in [0.5, 0.6) is 0 Å². The molecule has 2 rings (SSSR count). The van der Waals surface area contributed by atoms with E-state index in [2.05, 4.69) is 10.2 Å². The van der Waals surface area contributed by atoms with Gasteiger partial charge in [-0.1, -0.05) is 12.1 Å². The summed E-state index contributed by atoms with van der Waals surface area (Å²) in [5, 5.41) is 2.06. The van der Waals surface area contributed by atoms with Crippen molar-refractivity contribution in [2.24, 2.45) is 5.73 Å². The molecule has 0 saturated carbocycles. The molecule has 6 nitrogen and oxygen atoms in total. The maximum absolute atomic E-state index is 12.6. The first-order valence-corrected chi connectivity index (χ1v) is 7.89. The number of hydrogen-bond donors (Lipinski definition) is 2. The molecular weight excluding hydrogens is 337 g/mol. The van der Waals surface area contributed by atoms with E-state index in [4.69, 9.17) is 5.73 Å². The Hall–Kier alpha value is -2.13. The van der Waals surface area contributed by atoms with Crippen molar-refractivity contribution in [3.8, 4) is 0 Å². The fraction of sp³-hybridized carbons (Fsp3) is 0.500. The molecule has 3 amide bonds. The molecule has 1 aromatic rings. The molecule has 0 radical (unpaired) electrons. The third-order valence-electron chi connectivity index (χ3n) is 4.27. The third-order valence-corrected chi connectivity index (χ3v) is 4.27. The van der Waals surface area contributed by atoms with Crippen LogP contribution in [0.3, 0.4) is 0 Å². The van der Waals surface area contributed by atoms with Gasteiger partial charge in [-0.15, -0.1) is 0 Å². The van der Waals surface area contributed by atoms with Crippen LogP contribution in [0.25, 0.3) is 0 Å². The summed E-state index contributed by atoms with van der Waals surface area (Å²) in [5.41, 5.74) is 5.09. The van der Waals surface area contributed by atoms with Gasteiger partial charge in [-0.05, 0) is 24.6 Å². The molecule has 1 aliphatic heterocycles. The molecule has 1 aliphatic rings. The van der Waals surface area contributed by atoms with Crippen molar-refractivity contribution in [2.75, 3.05) is 26.2 Å². The van der Waals surface area contributed by atoms with Crippen LogP contribution < -0.4 is 11.1 Å². The highest BCUT2D eigenvalue weighted by Gasteiger charge is 2.30. The van der Waals surface area contributed by atoms with Gasteiger partial charge in [0.15, 0.2) is 0 Å². The van der Waals surface area contributed by atoms with Gasteiger partial charge in [0.2, 0.25) is 5.91 Å². The van der Waals surface area contributed by atoms with Crippen molar-refractivity contribution in [2.45, 2.75) is 25.7 Å². The normalized spacial score (nSPS) is 17.9. The number of alkyl halides is 3. The van der Waals surface area contributed by atoms with Crippen LogP contribution in [0.1, 0.15) is 18.1 Å². The van der Waals surface area contributed by atoms with Crippen LogP contribution in [0, 0.1) is 0 Å². The fourth-order valence-electron chi connectivity index (χ4n) is 2.76. The lowest BCUT2D eigenvalue weighted by molar-refractivity contribution is -0.137. The second-order valence-electron chi connectivity index (χ2n) is 6.04. The Morgan fingerprint density at radius 3 is 2.20 bits per heavy atom. The van der Waals surface area contributed by atoms with Gasteiger partial charge < -0.3 is 5.73 Å². The Labute approximate surface area is 143 Å². The van der Waals surface area contributed by atoms with Crippen LogP contribution in [0.4, 0.5) is 18.0 Å². The molecule has 1 aromatic carbocycles. The number of nitrogens with one attached hydrogen (secondary N) is 1. The number of hydrogen-bond acceptors (Lipinski definition) is 4. The van der Waals surface area contributed by atoms with E-state index in [1.165, 1.54) is 12.1 Å². The average molecular weight is 358 g/mol. The minimum Gasteiger partial charge on any atom is -0.351 e. The van der Waals surface area contributed by atoms with Crippen molar-refractivity contribution in [3.05, 3.63) is 35.4 Å².